The molecule has 0 aliphatic rings. The summed E-state index contributed by atoms with van der Waals surface area (Å²) in [5, 5.41) is 4.05. The van der Waals surface area contributed by atoms with Crippen molar-refractivity contribution in [2.24, 2.45) is 0 Å². The molecule has 0 spiro atoms. The summed E-state index contributed by atoms with van der Waals surface area (Å²) in [6.07, 6.45) is -3.54. The second kappa shape index (κ2) is 10.9. The Labute approximate surface area is 212 Å². The monoisotopic (exact) mass is 537 g/mol. The number of hydroxylamine groups is 2. The number of hydrogen-bond acceptors (Lipinski definition) is 6. The molecule has 0 unspecified atom stereocenters. The van der Waals surface area contributed by atoms with Gasteiger partial charge in [-0.2, -0.15) is 18.2 Å². The number of amides is 1. The van der Waals surface area contributed by atoms with Crippen molar-refractivity contribution >= 4 is 15.7 Å². The van der Waals surface area contributed by atoms with Crippen LogP contribution in [-0.2, 0) is 33.9 Å². The number of sulfone groups is 1. The van der Waals surface area contributed by atoms with Crippen LogP contribution in [0.5, 0.6) is 0 Å². The summed E-state index contributed by atoms with van der Waals surface area (Å²) in [4.78, 5) is 31.7. The molecule has 1 N–H and O–H groups in total. The molecule has 0 saturated heterocycles. The quantitative estimate of drug-likeness (QED) is 0.442. The number of aromatic nitrogens is 1. The van der Waals surface area contributed by atoms with Crippen LogP contribution < -0.4 is 10.9 Å². The Hall–Kier alpha value is -3.48. The van der Waals surface area contributed by atoms with Gasteiger partial charge < -0.3 is 10.2 Å². The van der Waals surface area contributed by atoms with Gasteiger partial charge in [-0.25, -0.2) is 8.42 Å². The summed E-state index contributed by atoms with van der Waals surface area (Å²) >= 11 is 0. The average Bonchev–Trinajstić information content (AvgIpc) is 2.83. The van der Waals surface area contributed by atoms with Gasteiger partial charge in [0, 0.05) is 31.2 Å². The summed E-state index contributed by atoms with van der Waals surface area (Å²) in [5.41, 5.74) is -0.597. The van der Waals surface area contributed by atoms with Gasteiger partial charge in [-0.3, -0.25) is 14.2 Å². The maximum atomic E-state index is 13.4. The highest BCUT2D eigenvalue weighted by Gasteiger charge is 2.31. The minimum absolute atomic E-state index is 0.00689. The third-order valence-corrected chi connectivity index (χ3v) is 6.87. The van der Waals surface area contributed by atoms with Crippen LogP contribution in [0.15, 0.2) is 64.3 Å². The Morgan fingerprint density at radius 2 is 1.76 bits per heavy atom. The fourth-order valence-electron chi connectivity index (χ4n) is 3.65. The van der Waals surface area contributed by atoms with Crippen LogP contribution in [0.1, 0.15) is 32.7 Å². The molecule has 3 aromatic rings. The molecule has 2 aromatic carbocycles. The molecular weight excluding hydrogens is 511 g/mol. The highest BCUT2D eigenvalue weighted by atomic mass is 32.2. The summed E-state index contributed by atoms with van der Waals surface area (Å²) < 4.78 is 64.3. The molecule has 8 nitrogen and oxygen atoms in total. The van der Waals surface area contributed by atoms with Crippen molar-refractivity contribution in [3.05, 3.63) is 92.9 Å². The van der Waals surface area contributed by atoms with Gasteiger partial charge >= 0.3 is 6.18 Å². The molecular formula is C25H26F3N3O5S. The van der Waals surface area contributed by atoms with Crippen LogP contribution in [0.25, 0.3) is 5.69 Å². The summed E-state index contributed by atoms with van der Waals surface area (Å²) in [6.45, 7) is 1.72. The van der Waals surface area contributed by atoms with Gasteiger partial charge in [0.05, 0.1) is 24.1 Å². The highest BCUT2D eigenvalue weighted by molar-refractivity contribution is 7.90. The number of nitrogens with zero attached hydrogens (tertiary/aromatic N) is 2. The third kappa shape index (κ3) is 6.64. The van der Waals surface area contributed by atoms with Gasteiger partial charge in [0.1, 0.15) is 5.56 Å². The SMILES string of the molecule is CON(C)Cc1cc(C(=O)NCc2ccc(S(C)(=O)=O)cc2)c(=O)n(-c2cccc(C(F)(F)F)c2)c1C. The predicted molar refractivity (Wildman–Crippen MR) is 131 cm³/mol. The molecule has 198 valence electrons. The molecule has 0 aliphatic heterocycles. The molecule has 0 atom stereocenters. The van der Waals surface area contributed by atoms with Crippen molar-refractivity contribution in [3.8, 4) is 5.69 Å². The Morgan fingerprint density at radius 1 is 1.11 bits per heavy atom. The van der Waals surface area contributed by atoms with Crippen LogP contribution in [-0.4, -0.2) is 44.4 Å². The predicted octanol–water partition coefficient (Wildman–Crippen LogP) is 3.49. The van der Waals surface area contributed by atoms with E-state index < -0.39 is 33.0 Å². The summed E-state index contributed by atoms with van der Waals surface area (Å²) in [6, 6.07) is 11.6. The zero-order chi connectivity index (χ0) is 27.5. The molecule has 1 aromatic heterocycles. The molecule has 0 saturated carbocycles. The summed E-state index contributed by atoms with van der Waals surface area (Å²) in [5.74, 6) is -0.737. The van der Waals surface area contributed by atoms with E-state index in [-0.39, 0.29) is 29.2 Å². The smallest absolute Gasteiger partial charge is 0.348 e. The van der Waals surface area contributed by atoms with Crippen LogP contribution in [0, 0.1) is 6.92 Å². The van der Waals surface area contributed by atoms with Gasteiger partial charge in [0.25, 0.3) is 11.5 Å². The van der Waals surface area contributed by atoms with Crippen LogP contribution >= 0.6 is 0 Å². The fourth-order valence-corrected chi connectivity index (χ4v) is 4.28. The molecule has 0 fully saturated rings. The van der Waals surface area contributed by atoms with Crippen molar-refractivity contribution in [2.45, 2.75) is 31.1 Å². The molecule has 12 heteroatoms. The number of hydrogen-bond donors (Lipinski definition) is 1. The van der Waals surface area contributed by atoms with E-state index in [9.17, 15) is 31.2 Å². The number of pyridine rings is 1. The van der Waals surface area contributed by atoms with Gasteiger partial charge in [-0.15, -0.1) is 0 Å². The first-order valence-electron chi connectivity index (χ1n) is 11.0. The number of carbonyl (C=O) groups excluding carboxylic acids is 1. The third-order valence-electron chi connectivity index (χ3n) is 5.74. The van der Waals surface area contributed by atoms with Crippen molar-refractivity contribution in [2.75, 3.05) is 20.4 Å². The van der Waals surface area contributed by atoms with Crippen LogP contribution in [0.4, 0.5) is 13.2 Å². The molecule has 37 heavy (non-hydrogen) atoms. The number of alkyl halides is 3. The zero-order valence-corrected chi connectivity index (χ0v) is 21.4. The molecule has 1 amide bonds. The minimum atomic E-state index is -4.62. The molecule has 0 bridgehead atoms. The highest BCUT2D eigenvalue weighted by Crippen LogP contribution is 2.30. The second-order valence-electron chi connectivity index (χ2n) is 8.42. The van der Waals surface area contributed by atoms with Crippen molar-refractivity contribution in [1.29, 1.82) is 0 Å². The molecule has 3 rings (SSSR count). The van der Waals surface area contributed by atoms with Crippen LogP contribution in [0.2, 0.25) is 0 Å². The van der Waals surface area contributed by atoms with Crippen molar-refractivity contribution in [1.82, 2.24) is 14.9 Å². The lowest BCUT2D eigenvalue weighted by molar-refractivity contribution is -0.137. The maximum absolute atomic E-state index is 13.4. The van der Waals surface area contributed by atoms with E-state index in [1.807, 2.05) is 0 Å². The maximum Gasteiger partial charge on any atom is 0.416 e. The summed E-state index contributed by atoms with van der Waals surface area (Å²) in [7, 11) is -0.325. The Bertz CT molecular complexity index is 1470. The van der Waals surface area contributed by atoms with Gasteiger partial charge in [0.2, 0.25) is 0 Å². The second-order valence-corrected chi connectivity index (χ2v) is 10.4. The number of carbonyl (C=O) groups is 1. The number of benzene rings is 2. The normalized spacial score (nSPS) is 12.1. The minimum Gasteiger partial charge on any atom is -0.348 e. The average molecular weight is 538 g/mol. The first-order valence-corrected chi connectivity index (χ1v) is 12.9. The van der Waals surface area contributed by atoms with Gasteiger partial charge in [-0.1, -0.05) is 18.2 Å². The van der Waals surface area contributed by atoms with Gasteiger partial charge in [0.15, 0.2) is 9.84 Å². The van der Waals surface area contributed by atoms with E-state index in [1.54, 1.807) is 14.0 Å². The van der Waals surface area contributed by atoms with E-state index in [1.165, 1.54) is 54.6 Å². The van der Waals surface area contributed by atoms with Crippen molar-refractivity contribution < 1.29 is 31.2 Å². The Balaban J connectivity index is 2.03. The lowest BCUT2D eigenvalue weighted by Gasteiger charge is -2.20. The molecule has 0 radical (unpaired) electrons. The first kappa shape index (κ1) is 28.1. The lowest BCUT2D eigenvalue weighted by Crippen LogP contribution is -2.34. The van der Waals surface area contributed by atoms with Crippen LogP contribution in [0.3, 0.4) is 0 Å². The Morgan fingerprint density at radius 3 is 2.32 bits per heavy atom. The lowest BCUT2D eigenvalue weighted by atomic mass is 10.1. The topological polar surface area (TPSA) is 97.7 Å². The molecule has 1 heterocycles. The largest absolute Gasteiger partial charge is 0.416 e. The number of halogens is 3. The zero-order valence-electron chi connectivity index (χ0n) is 20.6. The van der Waals surface area contributed by atoms with E-state index in [4.69, 9.17) is 4.84 Å². The fraction of sp³-hybridized carbons (Fsp3) is 0.280. The van der Waals surface area contributed by atoms with Gasteiger partial charge in [-0.05, 0) is 54.4 Å². The molecule has 0 aliphatic carbocycles. The Kier molecular flexibility index (Phi) is 8.25. The van der Waals surface area contributed by atoms with E-state index >= 15 is 0 Å². The van der Waals surface area contributed by atoms with E-state index in [2.05, 4.69) is 5.32 Å². The standard InChI is InChI=1S/C25H26F3N3O5S/c1-16-18(15-30(2)36-3)12-22(23(32)29-14-17-8-10-21(11-9-17)37(4,34)35)24(33)31(16)20-7-5-6-19(13-20)25(26,27)28/h5-13H,14-15H2,1-4H3,(H,29,32). The van der Waals surface area contributed by atoms with Crippen molar-refractivity contribution in [3.63, 3.8) is 0 Å². The number of rotatable bonds is 8. The first-order chi connectivity index (χ1) is 17.2. The van der Waals surface area contributed by atoms with E-state index in [0.717, 1.165) is 23.0 Å². The number of nitrogens with one attached hydrogen (secondary N) is 1. The van der Waals surface area contributed by atoms with E-state index in [0.29, 0.717) is 16.8 Å².